The summed E-state index contributed by atoms with van der Waals surface area (Å²) in [7, 11) is 1.83. The lowest BCUT2D eigenvalue weighted by Gasteiger charge is -2.15. The molecule has 1 N–H and O–H groups in total. The first-order chi connectivity index (χ1) is 8.34. The summed E-state index contributed by atoms with van der Waals surface area (Å²) in [5, 5.41) is 3.20. The second-order valence-electron chi connectivity index (χ2n) is 5.53. The minimum atomic E-state index is 0.144. The smallest absolute Gasteiger partial charge is 0.236 e. The van der Waals surface area contributed by atoms with Gasteiger partial charge >= 0.3 is 0 Å². The summed E-state index contributed by atoms with van der Waals surface area (Å²) in [6.07, 6.45) is 0. The molecular formula is C14H24N2OS. The third kappa shape index (κ3) is 4.42. The molecule has 1 aromatic heterocycles. The predicted molar refractivity (Wildman–Crippen MR) is 78.0 cm³/mol. The number of rotatable bonds is 5. The molecule has 0 unspecified atom stereocenters. The Morgan fingerprint density at radius 2 is 2.06 bits per heavy atom. The Bertz CT molecular complexity index is 393. The largest absolute Gasteiger partial charge is 0.345 e. The van der Waals surface area contributed by atoms with Gasteiger partial charge in [-0.2, -0.15) is 0 Å². The van der Waals surface area contributed by atoms with E-state index in [1.54, 1.807) is 4.90 Å². The van der Waals surface area contributed by atoms with Gasteiger partial charge in [-0.25, -0.2) is 0 Å². The molecule has 0 aliphatic heterocycles. The maximum absolute atomic E-state index is 11.6. The van der Waals surface area contributed by atoms with Crippen molar-refractivity contribution in [2.24, 2.45) is 0 Å². The van der Waals surface area contributed by atoms with Crippen molar-refractivity contribution in [3.05, 3.63) is 21.9 Å². The molecule has 1 heterocycles. The Hall–Kier alpha value is -0.870. The number of carbonyl (C=O) groups excluding carboxylic acids is 1. The van der Waals surface area contributed by atoms with Crippen LogP contribution < -0.4 is 5.32 Å². The maximum atomic E-state index is 11.6. The third-order valence-electron chi connectivity index (χ3n) is 2.88. The number of carbonyl (C=O) groups is 1. The molecule has 0 saturated carbocycles. The van der Waals surface area contributed by atoms with E-state index in [9.17, 15) is 4.79 Å². The van der Waals surface area contributed by atoms with Gasteiger partial charge in [-0.15, -0.1) is 11.3 Å². The fraction of sp³-hybridized carbons (Fsp3) is 0.643. The van der Waals surface area contributed by atoms with Gasteiger partial charge in [0.05, 0.1) is 6.54 Å². The molecule has 0 spiro atoms. The van der Waals surface area contributed by atoms with E-state index in [2.05, 4.69) is 38.2 Å². The second kappa shape index (κ2) is 6.34. The van der Waals surface area contributed by atoms with Crippen molar-refractivity contribution in [2.75, 3.05) is 20.1 Å². The van der Waals surface area contributed by atoms with Crippen LogP contribution in [0.2, 0.25) is 0 Å². The molecule has 1 amide bonds. The summed E-state index contributed by atoms with van der Waals surface area (Å²) in [6.45, 7) is 10.6. The Balaban J connectivity index is 2.41. The van der Waals surface area contributed by atoms with E-state index >= 15 is 0 Å². The molecule has 18 heavy (non-hydrogen) atoms. The summed E-state index contributed by atoms with van der Waals surface area (Å²) in [5.41, 5.74) is 0.209. The minimum absolute atomic E-state index is 0.144. The van der Waals surface area contributed by atoms with E-state index in [-0.39, 0.29) is 11.3 Å². The van der Waals surface area contributed by atoms with Gasteiger partial charge in [-0.1, -0.05) is 20.8 Å². The average molecular weight is 268 g/mol. The SMILES string of the molecule is CCN(C)C(=O)CNCc1ccc(C(C)(C)C)s1. The Labute approximate surface area is 114 Å². The normalized spacial score (nSPS) is 11.6. The van der Waals surface area contributed by atoms with Crippen molar-refractivity contribution in [1.29, 1.82) is 0 Å². The van der Waals surface area contributed by atoms with Crippen LogP contribution in [0, 0.1) is 0 Å². The molecular weight excluding hydrogens is 244 g/mol. The highest BCUT2D eigenvalue weighted by Gasteiger charge is 2.16. The van der Waals surface area contributed by atoms with Gasteiger partial charge in [0.25, 0.3) is 0 Å². The van der Waals surface area contributed by atoms with Crippen molar-refractivity contribution < 1.29 is 4.79 Å². The van der Waals surface area contributed by atoms with E-state index in [0.29, 0.717) is 6.54 Å². The minimum Gasteiger partial charge on any atom is -0.345 e. The number of likely N-dealkylation sites (N-methyl/N-ethyl adjacent to an activating group) is 1. The van der Waals surface area contributed by atoms with Crippen molar-refractivity contribution in [3.8, 4) is 0 Å². The van der Waals surface area contributed by atoms with E-state index < -0.39 is 0 Å². The molecule has 0 fully saturated rings. The van der Waals surface area contributed by atoms with Crippen LogP contribution in [0.1, 0.15) is 37.4 Å². The maximum Gasteiger partial charge on any atom is 0.236 e. The van der Waals surface area contributed by atoms with Crippen molar-refractivity contribution >= 4 is 17.2 Å². The number of hydrogen-bond donors (Lipinski definition) is 1. The van der Waals surface area contributed by atoms with Crippen LogP contribution in [0.5, 0.6) is 0 Å². The monoisotopic (exact) mass is 268 g/mol. The summed E-state index contributed by atoms with van der Waals surface area (Å²) in [4.78, 5) is 16.0. The average Bonchev–Trinajstić information content (AvgIpc) is 2.76. The van der Waals surface area contributed by atoms with Crippen molar-refractivity contribution in [3.63, 3.8) is 0 Å². The fourth-order valence-corrected chi connectivity index (χ4v) is 2.52. The first kappa shape index (κ1) is 15.2. The van der Waals surface area contributed by atoms with Crippen LogP contribution in [-0.2, 0) is 16.8 Å². The first-order valence-corrected chi connectivity index (χ1v) is 7.20. The first-order valence-electron chi connectivity index (χ1n) is 6.38. The van der Waals surface area contributed by atoms with Crippen LogP contribution >= 0.6 is 11.3 Å². The highest BCUT2D eigenvalue weighted by molar-refractivity contribution is 7.12. The van der Waals surface area contributed by atoms with Crippen molar-refractivity contribution in [1.82, 2.24) is 10.2 Å². The molecule has 0 aromatic carbocycles. The zero-order valence-electron chi connectivity index (χ0n) is 12.0. The molecule has 3 nitrogen and oxygen atoms in total. The zero-order chi connectivity index (χ0) is 13.8. The summed E-state index contributed by atoms with van der Waals surface area (Å²) in [5.74, 6) is 0.144. The van der Waals surface area contributed by atoms with Crippen LogP contribution in [-0.4, -0.2) is 30.9 Å². The lowest BCUT2D eigenvalue weighted by Crippen LogP contribution is -2.34. The third-order valence-corrected chi connectivity index (χ3v) is 4.39. The quantitative estimate of drug-likeness (QED) is 0.890. The van der Waals surface area contributed by atoms with Gasteiger partial charge in [0, 0.05) is 29.9 Å². The van der Waals surface area contributed by atoms with Gasteiger partial charge in [0.2, 0.25) is 5.91 Å². The summed E-state index contributed by atoms with van der Waals surface area (Å²) in [6, 6.07) is 4.33. The second-order valence-corrected chi connectivity index (χ2v) is 6.70. The Kier molecular flexibility index (Phi) is 5.35. The molecule has 1 aromatic rings. The van der Waals surface area contributed by atoms with E-state index in [4.69, 9.17) is 0 Å². The molecule has 102 valence electrons. The van der Waals surface area contributed by atoms with Crippen LogP contribution in [0.3, 0.4) is 0 Å². The Morgan fingerprint density at radius 3 is 2.56 bits per heavy atom. The summed E-state index contributed by atoms with van der Waals surface area (Å²) < 4.78 is 0. The molecule has 4 heteroatoms. The molecule has 0 atom stereocenters. The number of amides is 1. The number of thiophene rings is 1. The molecule has 0 saturated heterocycles. The van der Waals surface area contributed by atoms with Crippen LogP contribution in [0.25, 0.3) is 0 Å². The number of nitrogens with zero attached hydrogens (tertiary/aromatic N) is 1. The van der Waals surface area contributed by atoms with Crippen LogP contribution in [0.4, 0.5) is 0 Å². The lowest BCUT2D eigenvalue weighted by molar-refractivity contribution is -0.128. The standard InChI is InChI=1S/C14H24N2OS/c1-6-16(5)13(17)10-15-9-11-7-8-12(18-11)14(2,3)4/h7-8,15H,6,9-10H2,1-5H3. The Morgan fingerprint density at radius 1 is 1.39 bits per heavy atom. The van der Waals surface area contributed by atoms with E-state index in [1.807, 2.05) is 25.3 Å². The van der Waals surface area contributed by atoms with Crippen molar-refractivity contribution in [2.45, 2.75) is 39.7 Å². The lowest BCUT2D eigenvalue weighted by atomic mass is 9.95. The highest BCUT2D eigenvalue weighted by Crippen LogP contribution is 2.29. The molecule has 0 aliphatic carbocycles. The zero-order valence-corrected chi connectivity index (χ0v) is 12.9. The molecule has 0 aliphatic rings. The van der Waals surface area contributed by atoms with E-state index in [0.717, 1.165) is 13.1 Å². The molecule has 0 bridgehead atoms. The van der Waals surface area contributed by atoms with E-state index in [1.165, 1.54) is 9.75 Å². The van der Waals surface area contributed by atoms with Gasteiger partial charge in [-0.05, 0) is 24.5 Å². The van der Waals surface area contributed by atoms with Crippen LogP contribution in [0.15, 0.2) is 12.1 Å². The van der Waals surface area contributed by atoms with Gasteiger partial charge in [-0.3, -0.25) is 4.79 Å². The van der Waals surface area contributed by atoms with Gasteiger partial charge in [0.1, 0.15) is 0 Å². The topological polar surface area (TPSA) is 32.3 Å². The molecule has 0 radical (unpaired) electrons. The highest BCUT2D eigenvalue weighted by atomic mass is 32.1. The van der Waals surface area contributed by atoms with Gasteiger partial charge < -0.3 is 10.2 Å². The number of nitrogens with one attached hydrogen (secondary N) is 1. The molecule has 1 rings (SSSR count). The van der Waals surface area contributed by atoms with Gasteiger partial charge in [0.15, 0.2) is 0 Å². The predicted octanol–water partition coefficient (Wildman–Crippen LogP) is 2.61. The fourth-order valence-electron chi connectivity index (χ4n) is 1.48. The summed E-state index contributed by atoms with van der Waals surface area (Å²) >= 11 is 1.82. The number of hydrogen-bond acceptors (Lipinski definition) is 3.